The Labute approximate surface area is 107 Å². The summed E-state index contributed by atoms with van der Waals surface area (Å²) >= 11 is 3.45. The van der Waals surface area contributed by atoms with E-state index in [1.165, 1.54) is 13.2 Å². The maximum Gasteiger partial charge on any atom is 0.265 e. The predicted molar refractivity (Wildman–Crippen MR) is 66.8 cm³/mol. The zero-order chi connectivity index (χ0) is 12.4. The van der Waals surface area contributed by atoms with Crippen LogP contribution in [0.1, 0.15) is 10.1 Å². The minimum Gasteiger partial charge on any atom is -0.865 e. The van der Waals surface area contributed by atoms with Gasteiger partial charge in [0.1, 0.15) is 5.75 Å². The number of thioether (sulfide) groups is 2. The molecule has 17 heavy (non-hydrogen) atoms. The van der Waals surface area contributed by atoms with Crippen LogP contribution in [0.15, 0.2) is 12.1 Å². The molecule has 1 aromatic rings. The van der Waals surface area contributed by atoms with Crippen LogP contribution in [0.5, 0.6) is 11.5 Å². The Morgan fingerprint density at radius 2 is 2.06 bits per heavy atom. The van der Waals surface area contributed by atoms with E-state index in [0.29, 0.717) is 0 Å². The Balaban J connectivity index is 2.46. The highest BCUT2D eigenvalue weighted by atomic mass is 32.2. The molecule has 0 saturated carbocycles. The zero-order valence-corrected chi connectivity index (χ0v) is 10.7. The molecule has 0 N–H and O–H groups in total. The van der Waals surface area contributed by atoms with Gasteiger partial charge in [-0.05, 0) is 11.6 Å². The zero-order valence-electron chi connectivity index (χ0n) is 9.04. The Kier molecular flexibility index (Phi) is 3.68. The highest BCUT2D eigenvalue weighted by Crippen LogP contribution is 2.48. The monoisotopic (exact) mass is 272 g/mol. The van der Waals surface area contributed by atoms with Gasteiger partial charge in [-0.3, -0.25) is 10.1 Å². The van der Waals surface area contributed by atoms with E-state index >= 15 is 0 Å². The predicted octanol–water partition coefficient (Wildman–Crippen LogP) is 2.16. The molecule has 7 heteroatoms. The van der Waals surface area contributed by atoms with Crippen molar-refractivity contribution >= 4 is 29.2 Å². The van der Waals surface area contributed by atoms with Gasteiger partial charge in [-0.1, -0.05) is 0 Å². The van der Waals surface area contributed by atoms with Gasteiger partial charge in [-0.15, -0.1) is 23.5 Å². The van der Waals surface area contributed by atoms with E-state index in [1.807, 2.05) is 0 Å². The number of ether oxygens (including phenoxy) is 1. The third-order valence-electron chi connectivity index (χ3n) is 2.37. The summed E-state index contributed by atoms with van der Waals surface area (Å²) in [7, 11) is 1.35. The lowest BCUT2D eigenvalue weighted by molar-refractivity contribution is -0.398. The summed E-state index contributed by atoms with van der Waals surface area (Å²) < 4.78 is 5.06. The Morgan fingerprint density at radius 1 is 1.41 bits per heavy atom. The maximum absolute atomic E-state index is 11.6. The molecule has 5 nitrogen and oxygen atoms in total. The molecular formula is C10H10NO4S2-. The first kappa shape index (κ1) is 12.4. The molecule has 2 rings (SSSR count). The van der Waals surface area contributed by atoms with Gasteiger partial charge in [0.15, 0.2) is 0 Å². The van der Waals surface area contributed by atoms with Gasteiger partial charge in [0, 0.05) is 23.3 Å². The number of nitrogens with zero attached hydrogens (tertiary/aromatic N) is 1. The smallest absolute Gasteiger partial charge is 0.265 e. The molecule has 0 aromatic heterocycles. The molecule has 1 heterocycles. The topological polar surface area (TPSA) is 75.4 Å². The fourth-order valence-electron chi connectivity index (χ4n) is 1.58. The van der Waals surface area contributed by atoms with Gasteiger partial charge in [0.2, 0.25) is 0 Å². The first-order valence-electron chi connectivity index (χ1n) is 4.90. The highest BCUT2D eigenvalue weighted by molar-refractivity contribution is 8.19. The van der Waals surface area contributed by atoms with Crippen LogP contribution in [0, 0.1) is 10.1 Å². The normalized spacial score (nSPS) is 16.1. The molecule has 1 aromatic carbocycles. The summed E-state index contributed by atoms with van der Waals surface area (Å²) in [5.41, 5.74) is 0.369. The SMILES string of the molecule is COc1cc(C2SCCS2)cc([N+](=O)[O-])c1[O-]. The summed E-state index contributed by atoms with van der Waals surface area (Å²) in [5, 5.41) is 22.4. The molecule has 1 fully saturated rings. The van der Waals surface area contributed by atoms with Crippen molar-refractivity contribution in [2.75, 3.05) is 18.6 Å². The highest BCUT2D eigenvalue weighted by Gasteiger charge is 2.22. The lowest BCUT2D eigenvalue weighted by atomic mass is 10.2. The number of nitro groups is 1. The second-order valence-electron chi connectivity index (χ2n) is 3.40. The summed E-state index contributed by atoms with van der Waals surface area (Å²) in [5.74, 6) is 1.42. The first-order valence-corrected chi connectivity index (χ1v) is 6.99. The van der Waals surface area contributed by atoms with Gasteiger partial charge in [0.05, 0.1) is 16.6 Å². The van der Waals surface area contributed by atoms with Crippen LogP contribution in [0.25, 0.3) is 0 Å². The Morgan fingerprint density at radius 3 is 2.59 bits per heavy atom. The van der Waals surface area contributed by atoms with Crippen LogP contribution in [0.4, 0.5) is 5.69 Å². The second-order valence-corrected chi connectivity index (χ2v) is 6.13. The van der Waals surface area contributed by atoms with Crippen LogP contribution in [-0.4, -0.2) is 23.5 Å². The number of hydrogen-bond donors (Lipinski definition) is 0. The first-order chi connectivity index (χ1) is 8.13. The van der Waals surface area contributed by atoms with Crippen molar-refractivity contribution in [3.05, 3.63) is 27.8 Å². The van der Waals surface area contributed by atoms with E-state index in [4.69, 9.17) is 4.74 Å². The molecule has 92 valence electrons. The van der Waals surface area contributed by atoms with Crippen LogP contribution in [-0.2, 0) is 0 Å². The quantitative estimate of drug-likeness (QED) is 0.620. The average Bonchev–Trinajstić information content (AvgIpc) is 2.82. The molecule has 1 aliphatic heterocycles. The molecule has 1 saturated heterocycles. The summed E-state index contributed by atoms with van der Waals surface area (Å²) in [6.07, 6.45) is 0. The molecule has 0 atom stereocenters. The molecule has 0 amide bonds. The van der Waals surface area contributed by atoms with Crippen molar-refractivity contribution in [2.45, 2.75) is 4.58 Å². The molecular weight excluding hydrogens is 262 g/mol. The molecule has 0 spiro atoms. The number of rotatable bonds is 3. The lowest BCUT2D eigenvalue weighted by Gasteiger charge is -2.16. The standard InChI is InChI=1S/C10H11NO4S2/c1-15-8-5-6(10-16-2-3-17-10)4-7(9(8)12)11(13)14/h4-5,10,12H,2-3H2,1H3/p-1. The van der Waals surface area contributed by atoms with Gasteiger partial charge in [-0.25, -0.2) is 0 Å². The summed E-state index contributed by atoms with van der Waals surface area (Å²) in [6.45, 7) is 0. The fraction of sp³-hybridized carbons (Fsp3) is 0.400. The second kappa shape index (κ2) is 5.05. The van der Waals surface area contributed by atoms with Crippen molar-refractivity contribution in [1.29, 1.82) is 0 Å². The third-order valence-corrected chi connectivity index (χ3v) is 5.47. The molecule has 1 aliphatic rings. The van der Waals surface area contributed by atoms with Crippen molar-refractivity contribution in [3.8, 4) is 11.5 Å². The van der Waals surface area contributed by atoms with E-state index in [2.05, 4.69) is 0 Å². The van der Waals surface area contributed by atoms with E-state index in [9.17, 15) is 15.2 Å². The third kappa shape index (κ3) is 2.44. The van der Waals surface area contributed by atoms with E-state index in [0.717, 1.165) is 17.1 Å². The van der Waals surface area contributed by atoms with Crippen molar-refractivity contribution < 1.29 is 14.8 Å². The molecule has 0 unspecified atom stereocenters. The summed E-state index contributed by atoms with van der Waals surface area (Å²) in [6, 6.07) is 2.96. The largest absolute Gasteiger partial charge is 0.865 e. The van der Waals surface area contributed by atoms with Crippen molar-refractivity contribution in [3.63, 3.8) is 0 Å². The number of methoxy groups -OCH3 is 1. The summed E-state index contributed by atoms with van der Waals surface area (Å²) in [4.78, 5) is 10.1. The molecule has 0 aliphatic carbocycles. The van der Waals surface area contributed by atoms with Crippen LogP contribution in [0.2, 0.25) is 0 Å². The molecule has 0 bridgehead atoms. The Hall–Kier alpha value is -1.08. The van der Waals surface area contributed by atoms with Crippen LogP contribution < -0.4 is 9.84 Å². The fourth-order valence-corrected chi connectivity index (χ4v) is 4.40. The Bertz CT molecular complexity index is 446. The van der Waals surface area contributed by atoms with E-state index in [1.54, 1.807) is 29.6 Å². The lowest BCUT2D eigenvalue weighted by Crippen LogP contribution is -2.02. The number of nitro benzene ring substituents is 1. The maximum atomic E-state index is 11.6. The van der Waals surface area contributed by atoms with Crippen LogP contribution >= 0.6 is 23.5 Å². The number of hydrogen-bond acceptors (Lipinski definition) is 6. The van der Waals surface area contributed by atoms with Gasteiger partial charge >= 0.3 is 0 Å². The minimum absolute atomic E-state index is 0.0438. The minimum atomic E-state index is -0.658. The van der Waals surface area contributed by atoms with E-state index in [-0.39, 0.29) is 10.3 Å². The van der Waals surface area contributed by atoms with Gasteiger partial charge in [-0.2, -0.15) is 0 Å². The number of benzene rings is 1. The van der Waals surface area contributed by atoms with Crippen molar-refractivity contribution in [2.24, 2.45) is 0 Å². The average molecular weight is 272 g/mol. The van der Waals surface area contributed by atoms with Crippen LogP contribution in [0.3, 0.4) is 0 Å². The van der Waals surface area contributed by atoms with Gasteiger partial charge in [0.25, 0.3) is 5.69 Å². The van der Waals surface area contributed by atoms with E-state index < -0.39 is 16.4 Å². The van der Waals surface area contributed by atoms with Gasteiger partial charge < -0.3 is 9.84 Å². The molecule has 0 radical (unpaired) electrons. The van der Waals surface area contributed by atoms with Crippen molar-refractivity contribution in [1.82, 2.24) is 0 Å².